The molecule has 0 spiro atoms. The second-order valence-corrected chi connectivity index (χ2v) is 4.63. The highest BCUT2D eigenvalue weighted by molar-refractivity contribution is 6.31. The standard InChI is InChI=1S/C14H16ClN3O/c1-9-6-12(16)14(17-7-9)18-8-10-11(15)4-3-5-13(10)19-2/h3-7H,8,16H2,1-2H3,(H,17,18). The van der Waals surface area contributed by atoms with Crippen LogP contribution in [0.25, 0.3) is 0 Å². The van der Waals surface area contributed by atoms with E-state index in [9.17, 15) is 0 Å². The van der Waals surface area contributed by atoms with Gasteiger partial charge in [-0.3, -0.25) is 0 Å². The van der Waals surface area contributed by atoms with Gasteiger partial charge in [0.15, 0.2) is 0 Å². The predicted octanol–water partition coefficient (Wildman–Crippen LogP) is 3.25. The molecule has 0 fully saturated rings. The molecule has 4 nitrogen and oxygen atoms in total. The summed E-state index contributed by atoms with van der Waals surface area (Å²) in [6.45, 7) is 2.45. The topological polar surface area (TPSA) is 60.2 Å². The summed E-state index contributed by atoms with van der Waals surface area (Å²) in [6, 6.07) is 7.42. The predicted molar refractivity (Wildman–Crippen MR) is 78.7 cm³/mol. The van der Waals surface area contributed by atoms with E-state index >= 15 is 0 Å². The number of pyridine rings is 1. The molecule has 0 aliphatic heterocycles. The molecule has 100 valence electrons. The first kappa shape index (κ1) is 13.5. The molecule has 0 saturated carbocycles. The van der Waals surface area contributed by atoms with E-state index in [1.807, 2.05) is 31.2 Å². The third kappa shape index (κ3) is 3.09. The fourth-order valence-corrected chi connectivity index (χ4v) is 2.05. The van der Waals surface area contributed by atoms with E-state index in [0.717, 1.165) is 16.9 Å². The van der Waals surface area contributed by atoms with Gasteiger partial charge in [0.05, 0.1) is 12.8 Å². The van der Waals surface area contributed by atoms with E-state index in [1.165, 1.54) is 0 Å². The van der Waals surface area contributed by atoms with Crippen LogP contribution >= 0.6 is 11.6 Å². The molecular weight excluding hydrogens is 262 g/mol. The summed E-state index contributed by atoms with van der Waals surface area (Å²) in [5, 5.41) is 3.82. The number of methoxy groups -OCH3 is 1. The number of ether oxygens (including phenoxy) is 1. The largest absolute Gasteiger partial charge is 0.496 e. The Hall–Kier alpha value is -1.94. The molecule has 2 aromatic rings. The Balaban J connectivity index is 2.19. The van der Waals surface area contributed by atoms with Gasteiger partial charge in [0.1, 0.15) is 11.6 Å². The summed E-state index contributed by atoms with van der Waals surface area (Å²) in [6.07, 6.45) is 1.77. The Bertz CT molecular complexity index is 587. The average Bonchev–Trinajstić information content (AvgIpc) is 2.39. The number of nitrogens with zero attached hydrogens (tertiary/aromatic N) is 1. The van der Waals surface area contributed by atoms with Crippen molar-refractivity contribution in [3.05, 3.63) is 46.6 Å². The molecule has 0 amide bonds. The van der Waals surface area contributed by atoms with E-state index in [1.54, 1.807) is 13.3 Å². The SMILES string of the molecule is COc1cccc(Cl)c1CNc1ncc(C)cc1N. The smallest absolute Gasteiger partial charge is 0.149 e. The Labute approximate surface area is 117 Å². The van der Waals surface area contributed by atoms with Gasteiger partial charge in [0, 0.05) is 23.3 Å². The zero-order chi connectivity index (χ0) is 13.8. The van der Waals surface area contributed by atoms with Crippen LogP contribution in [0.2, 0.25) is 5.02 Å². The minimum Gasteiger partial charge on any atom is -0.496 e. The van der Waals surface area contributed by atoms with Gasteiger partial charge in [-0.15, -0.1) is 0 Å². The Morgan fingerprint density at radius 1 is 1.42 bits per heavy atom. The fraction of sp³-hybridized carbons (Fsp3) is 0.214. The number of anilines is 2. The molecule has 19 heavy (non-hydrogen) atoms. The molecule has 5 heteroatoms. The molecule has 1 aromatic carbocycles. The van der Waals surface area contributed by atoms with Crippen molar-refractivity contribution in [2.75, 3.05) is 18.2 Å². The number of benzene rings is 1. The zero-order valence-corrected chi connectivity index (χ0v) is 11.7. The molecule has 0 radical (unpaired) electrons. The van der Waals surface area contributed by atoms with Crippen LogP contribution in [0.5, 0.6) is 5.75 Å². The van der Waals surface area contributed by atoms with Crippen molar-refractivity contribution in [3.8, 4) is 5.75 Å². The van der Waals surface area contributed by atoms with E-state index in [0.29, 0.717) is 23.1 Å². The lowest BCUT2D eigenvalue weighted by molar-refractivity contribution is 0.410. The van der Waals surface area contributed by atoms with Crippen molar-refractivity contribution >= 4 is 23.1 Å². The maximum absolute atomic E-state index is 6.17. The summed E-state index contributed by atoms with van der Waals surface area (Å²) >= 11 is 6.17. The van der Waals surface area contributed by atoms with Crippen LogP contribution in [0.1, 0.15) is 11.1 Å². The molecule has 3 N–H and O–H groups in total. The van der Waals surface area contributed by atoms with Crippen LogP contribution in [-0.2, 0) is 6.54 Å². The molecular formula is C14H16ClN3O. The lowest BCUT2D eigenvalue weighted by Crippen LogP contribution is -2.06. The lowest BCUT2D eigenvalue weighted by atomic mass is 10.2. The highest BCUT2D eigenvalue weighted by atomic mass is 35.5. The third-order valence-corrected chi connectivity index (χ3v) is 3.14. The number of aromatic nitrogens is 1. The summed E-state index contributed by atoms with van der Waals surface area (Å²) < 4.78 is 5.29. The van der Waals surface area contributed by atoms with Crippen LogP contribution in [0.3, 0.4) is 0 Å². The van der Waals surface area contributed by atoms with Gasteiger partial charge >= 0.3 is 0 Å². The molecule has 0 bridgehead atoms. The molecule has 0 atom stereocenters. The third-order valence-electron chi connectivity index (χ3n) is 2.78. The van der Waals surface area contributed by atoms with Crippen LogP contribution in [0.4, 0.5) is 11.5 Å². The van der Waals surface area contributed by atoms with Gasteiger partial charge in [-0.2, -0.15) is 0 Å². The second-order valence-electron chi connectivity index (χ2n) is 4.22. The van der Waals surface area contributed by atoms with E-state index in [4.69, 9.17) is 22.1 Å². The highest BCUT2D eigenvalue weighted by Gasteiger charge is 2.08. The van der Waals surface area contributed by atoms with Crippen molar-refractivity contribution in [1.82, 2.24) is 4.98 Å². The first-order valence-electron chi connectivity index (χ1n) is 5.89. The second kappa shape index (κ2) is 5.80. The van der Waals surface area contributed by atoms with Gasteiger partial charge in [-0.1, -0.05) is 17.7 Å². The number of nitrogen functional groups attached to an aromatic ring is 1. The first-order valence-corrected chi connectivity index (χ1v) is 6.27. The highest BCUT2D eigenvalue weighted by Crippen LogP contribution is 2.27. The first-order chi connectivity index (χ1) is 9.11. The molecule has 2 rings (SSSR count). The maximum atomic E-state index is 6.17. The number of hydrogen-bond donors (Lipinski definition) is 2. The molecule has 0 unspecified atom stereocenters. The molecule has 0 aliphatic carbocycles. The molecule has 1 heterocycles. The Morgan fingerprint density at radius 3 is 2.89 bits per heavy atom. The van der Waals surface area contributed by atoms with Crippen molar-refractivity contribution < 1.29 is 4.74 Å². The Kier molecular flexibility index (Phi) is 4.12. The number of nitrogens with two attached hydrogens (primary N) is 1. The minimum absolute atomic E-state index is 0.503. The van der Waals surface area contributed by atoms with E-state index < -0.39 is 0 Å². The lowest BCUT2D eigenvalue weighted by Gasteiger charge is -2.13. The summed E-state index contributed by atoms with van der Waals surface area (Å²) in [4.78, 5) is 4.26. The van der Waals surface area contributed by atoms with Gasteiger partial charge in [-0.05, 0) is 30.7 Å². The van der Waals surface area contributed by atoms with Crippen LogP contribution in [-0.4, -0.2) is 12.1 Å². The molecule has 0 aliphatic rings. The van der Waals surface area contributed by atoms with Crippen LogP contribution < -0.4 is 15.8 Å². The van der Waals surface area contributed by atoms with Crippen molar-refractivity contribution in [2.45, 2.75) is 13.5 Å². The maximum Gasteiger partial charge on any atom is 0.149 e. The number of aryl methyl sites for hydroxylation is 1. The van der Waals surface area contributed by atoms with Crippen LogP contribution in [0.15, 0.2) is 30.5 Å². The number of hydrogen-bond acceptors (Lipinski definition) is 4. The number of nitrogens with one attached hydrogen (secondary N) is 1. The number of halogens is 1. The van der Waals surface area contributed by atoms with Crippen molar-refractivity contribution in [1.29, 1.82) is 0 Å². The zero-order valence-electron chi connectivity index (χ0n) is 10.9. The summed E-state index contributed by atoms with van der Waals surface area (Å²) in [5.74, 6) is 1.39. The van der Waals surface area contributed by atoms with Gasteiger partial charge < -0.3 is 15.8 Å². The van der Waals surface area contributed by atoms with Gasteiger partial charge in [-0.25, -0.2) is 4.98 Å². The van der Waals surface area contributed by atoms with E-state index in [-0.39, 0.29) is 0 Å². The average molecular weight is 278 g/mol. The Morgan fingerprint density at radius 2 is 2.21 bits per heavy atom. The van der Waals surface area contributed by atoms with E-state index in [2.05, 4.69) is 10.3 Å². The monoisotopic (exact) mass is 277 g/mol. The van der Waals surface area contributed by atoms with Crippen molar-refractivity contribution in [2.24, 2.45) is 0 Å². The van der Waals surface area contributed by atoms with Gasteiger partial charge in [0.2, 0.25) is 0 Å². The summed E-state index contributed by atoms with van der Waals surface area (Å²) in [5.41, 5.74) is 8.43. The summed E-state index contributed by atoms with van der Waals surface area (Å²) in [7, 11) is 1.62. The fourth-order valence-electron chi connectivity index (χ4n) is 1.81. The molecule has 0 saturated heterocycles. The normalized spacial score (nSPS) is 10.3. The minimum atomic E-state index is 0.503. The van der Waals surface area contributed by atoms with Crippen LogP contribution in [0, 0.1) is 6.92 Å². The number of rotatable bonds is 4. The van der Waals surface area contributed by atoms with Crippen molar-refractivity contribution in [3.63, 3.8) is 0 Å². The quantitative estimate of drug-likeness (QED) is 0.901. The molecule has 1 aromatic heterocycles. The van der Waals surface area contributed by atoms with Gasteiger partial charge in [0.25, 0.3) is 0 Å².